The summed E-state index contributed by atoms with van der Waals surface area (Å²) in [5.41, 5.74) is 0. The highest BCUT2D eigenvalue weighted by Crippen LogP contribution is 2.10. The van der Waals surface area contributed by atoms with E-state index in [2.05, 4.69) is 21.0 Å². The van der Waals surface area contributed by atoms with E-state index in [4.69, 9.17) is 5.26 Å². The molecule has 2 rings (SSSR count). The third-order valence-corrected chi connectivity index (χ3v) is 1.67. The largest absolute Gasteiger partial charge is 0.342 e. The van der Waals surface area contributed by atoms with E-state index in [1.54, 1.807) is 29.4 Å². The Labute approximate surface area is 74.7 Å². The monoisotopic (exact) mass is 173 g/mol. The second-order valence-electron chi connectivity index (χ2n) is 2.47. The van der Waals surface area contributed by atoms with Crippen LogP contribution >= 0.6 is 0 Å². The van der Waals surface area contributed by atoms with E-state index in [0.717, 1.165) is 0 Å². The van der Waals surface area contributed by atoms with Crippen LogP contribution < -0.4 is 0 Å². The number of rotatable bonds is 2. The van der Waals surface area contributed by atoms with Gasteiger partial charge in [0.05, 0.1) is 6.07 Å². The lowest BCUT2D eigenvalue weighted by Gasteiger charge is -1.98. The molecule has 0 aromatic carbocycles. The first-order valence-corrected chi connectivity index (χ1v) is 3.79. The molecule has 0 bridgehead atoms. The van der Waals surface area contributed by atoms with Crippen molar-refractivity contribution >= 4 is 0 Å². The fraction of sp³-hybridized carbons (Fsp3) is 0.125. The zero-order chi connectivity index (χ0) is 9.10. The van der Waals surface area contributed by atoms with Gasteiger partial charge in [-0.05, 0) is 0 Å². The molecule has 0 amide bonds. The standard InChI is InChI=1S/C8H7N5/c9-1-5-13-6-4-12-8(13)7-10-2-3-11-7/h2-4,6H,5H2,(H,10,11). The summed E-state index contributed by atoms with van der Waals surface area (Å²) in [5, 5.41) is 8.53. The van der Waals surface area contributed by atoms with Gasteiger partial charge in [-0.3, -0.25) is 0 Å². The number of nitrogens with one attached hydrogen (secondary N) is 1. The van der Waals surface area contributed by atoms with Crippen LogP contribution in [0.15, 0.2) is 24.8 Å². The van der Waals surface area contributed by atoms with Gasteiger partial charge in [0.1, 0.15) is 6.54 Å². The first-order valence-electron chi connectivity index (χ1n) is 3.79. The highest BCUT2D eigenvalue weighted by atomic mass is 15.1. The van der Waals surface area contributed by atoms with Gasteiger partial charge >= 0.3 is 0 Å². The lowest BCUT2D eigenvalue weighted by Crippen LogP contribution is -1.98. The molecule has 0 saturated carbocycles. The highest BCUT2D eigenvalue weighted by Gasteiger charge is 2.06. The lowest BCUT2D eigenvalue weighted by molar-refractivity contribution is 0.833. The molecular formula is C8H7N5. The van der Waals surface area contributed by atoms with E-state index in [-0.39, 0.29) is 6.54 Å². The van der Waals surface area contributed by atoms with Gasteiger partial charge < -0.3 is 9.55 Å². The average molecular weight is 173 g/mol. The fourth-order valence-corrected chi connectivity index (χ4v) is 1.12. The van der Waals surface area contributed by atoms with E-state index in [1.807, 2.05) is 0 Å². The minimum absolute atomic E-state index is 0.288. The Balaban J connectivity index is 2.42. The molecule has 13 heavy (non-hydrogen) atoms. The summed E-state index contributed by atoms with van der Waals surface area (Å²) >= 11 is 0. The van der Waals surface area contributed by atoms with E-state index < -0.39 is 0 Å². The maximum atomic E-state index is 8.53. The molecule has 2 aromatic rings. The third kappa shape index (κ3) is 1.29. The fourth-order valence-electron chi connectivity index (χ4n) is 1.12. The predicted molar refractivity (Wildman–Crippen MR) is 45.4 cm³/mol. The molecule has 0 saturated heterocycles. The van der Waals surface area contributed by atoms with Gasteiger partial charge in [-0.25, -0.2) is 9.97 Å². The topological polar surface area (TPSA) is 70.3 Å². The van der Waals surface area contributed by atoms with Crippen molar-refractivity contribution in [3.8, 4) is 17.7 Å². The molecule has 0 aliphatic carbocycles. The molecule has 0 atom stereocenters. The van der Waals surface area contributed by atoms with E-state index in [0.29, 0.717) is 11.6 Å². The molecule has 64 valence electrons. The summed E-state index contributed by atoms with van der Waals surface area (Å²) in [7, 11) is 0. The molecule has 0 aliphatic rings. The van der Waals surface area contributed by atoms with Gasteiger partial charge in [0.25, 0.3) is 0 Å². The second kappa shape index (κ2) is 3.11. The van der Waals surface area contributed by atoms with Crippen molar-refractivity contribution < 1.29 is 0 Å². The Bertz CT molecular complexity index is 420. The third-order valence-electron chi connectivity index (χ3n) is 1.67. The van der Waals surface area contributed by atoms with Gasteiger partial charge in [0, 0.05) is 24.8 Å². The Morgan fingerprint density at radius 3 is 3.08 bits per heavy atom. The van der Waals surface area contributed by atoms with Crippen LogP contribution in [0, 0.1) is 11.3 Å². The maximum Gasteiger partial charge on any atom is 0.177 e. The molecule has 2 heterocycles. The summed E-state index contributed by atoms with van der Waals surface area (Å²) in [5.74, 6) is 1.37. The highest BCUT2D eigenvalue weighted by molar-refractivity contribution is 5.43. The van der Waals surface area contributed by atoms with E-state index in [1.165, 1.54) is 0 Å². The summed E-state index contributed by atoms with van der Waals surface area (Å²) in [6.07, 6.45) is 6.78. The van der Waals surface area contributed by atoms with Gasteiger partial charge in [-0.1, -0.05) is 0 Å². The van der Waals surface area contributed by atoms with Gasteiger partial charge in [0.2, 0.25) is 0 Å². The van der Waals surface area contributed by atoms with Crippen LogP contribution in [0.5, 0.6) is 0 Å². The first-order chi connectivity index (χ1) is 6.42. The summed E-state index contributed by atoms with van der Waals surface area (Å²) in [6, 6.07) is 2.05. The Morgan fingerprint density at radius 1 is 1.46 bits per heavy atom. The van der Waals surface area contributed by atoms with Crippen LogP contribution in [0.1, 0.15) is 0 Å². The van der Waals surface area contributed by atoms with Crippen molar-refractivity contribution in [3.63, 3.8) is 0 Å². The molecule has 0 aliphatic heterocycles. The summed E-state index contributed by atoms with van der Waals surface area (Å²) in [6.45, 7) is 0.288. The Hall–Kier alpha value is -2.09. The van der Waals surface area contributed by atoms with Crippen molar-refractivity contribution in [3.05, 3.63) is 24.8 Å². The number of aromatic nitrogens is 4. The number of hydrogen-bond donors (Lipinski definition) is 1. The Morgan fingerprint density at radius 2 is 2.38 bits per heavy atom. The molecule has 0 radical (unpaired) electrons. The van der Waals surface area contributed by atoms with Gasteiger partial charge in [-0.2, -0.15) is 5.26 Å². The normalized spacial score (nSPS) is 9.77. The lowest BCUT2D eigenvalue weighted by atomic mass is 10.5. The van der Waals surface area contributed by atoms with Crippen LogP contribution in [-0.2, 0) is 6.54 Å². The number of imidazole rings is 2. The number of nitrogens with zero attached hydrogens (tertiary/aromatic N) is 4. The summed E-state index contributed by atoms with van der Waals surface area (Å²) in [4.78, 5) is 11.1. The van der Waals surface area contributed by atoms with Gasteiger partial charge in [0.15, 0.2) is 11.6 Å². The molecule has 5 nitrogen and oxygen atoms in total. The Kier molecular flexibility index (Phi) is 1.81. The quantitative estimate of drug-likeness (QED) is 0.730. The van der Waals surface area contributed by atoms with Gasteiger partial charge in [-0.15, -0.1) is 0 Å². The SMILES string of the molecule is N#CCn1ccnc1-c1ncc[nH]1. The van der Waals surface area contributed by atoms with E-state index >= 15 is 0 Å². The molecule has 5 heteroatoms. The van der Waals surface area contributed by atoms with Crippen molar-refractivity contribution in [2.24, 2.45) is 0 Å². The van der Waals surface area contributed by atoms with Crippen molar-refractivity contribution in [2.45, 2.75) is 6.54 Å². The smallest absolute Gasteiger partial charge is 0.177 e. The molecule has 0 spiro atoms. The zero-order valence-electron chi connectivity index (χ0n) is 6.81. The number of aromatic amines is 1. The maximum absolute atomic E-state index is 8.53. The predicted octanol–water partition coefficient (Wildman–Crippen LogP) is 0.797. The number of nitriles is 1. The molecule has 0 unspecified atom stereocenters. The van der Waals surface area contributed by atoms with Crippen LogP contribution in [0.2, 0.25) is 0 Å². The first kappa shape index (κ1) is 7.55. The van der Waals surface area contributed by atoms with Crippen LogP contribution in [-0.4, -0.2) is 19.5 Å². The van der Waals surface area contributed by atoms with Crippen molar-refractivity contribution in [1.82, 2.24) is 19.5 Å². The number of hydrogen-bond acceptors (Lipinski definition) is 3. The molecule has 0 fully saturated rings. The average Bonchev–Trinajstić information content (AvgIpc) is 2.71. The second-order valence-corrected chi connectivity index (χ2v) is 2.47. The van der Waals surface area contributed by atoms with Crippen LogP contribution in [0.3, 0.4) is 0 Å². The van der Waals surface area contributed by atoms with Crippen molar-refractivity contribution in [1.29, 1.82) is 5.26 Å². The van der Waals surface area contributed by atoms with Crippen LogP contribution in [0.4, 0.5) is 0 Å². The van der Waals surface area contributed by atoms with Crippen molar-refractivity contribution in [2.75, 3.05) is 0 Å². The molecule has 2 aromatic heterocycles. The van der Waals surface area contributed by atoms with Crippen LogP contribution in [0.25, 0.3) is 11.6 Å². The van der Waals surface area contributed by atoms with E-state index in [9.17, 15) is 0 Å². The zero-order valence-corrected chi connectivity index (χ0v) is 6.81. The molecular weight excluding hydrogens is 166 g/mol. The summed E-state index contributed by atoms with van der Waals surface area (Å²) < 4.78 is 1.73. The number of H-pyrrole nitrogens is 1. The minimum Gasteiger partial charge on any atom is -0.342 e. The minimum atomic E-state index is 0.288. The molecule has 1 N–H and O–H groups in total.